The summed E-state index contributed by atoms with van der Waals surface area (Å²) in [5.74, 6) is -0.651. The third-order valence-corrected chi connectivity index (χ3v) is 6.88. The highest BCUT2D eigenvalue weighted by Gasteiger charge is 2.23. The number of pyridine rings is 1. The summed E-state index contributed by atoms with van der Waals surface area (Å²) in [6, 6.07) is 23.5. The van der Waals surface area contributed by atoms with E-state index < -0.39 is 6.04 Å². The second kappa shape index (κ2) is 11.0. The normalized spacial score (nSPS) is 15.0. The number of hydrogen-bond acceptors (Lipinski definition) is 6. The Hall–Kier alpha value is -3.98. The van der Waals surface area contributed by atoms with Crippen molar-refractivity contribution in [3.8, 4) is 0 Å². The van der Waals surface area contributed by atoms with Gasteiger partial charge in [0.2, 0.25) is 5.91 Å². The first-order valence-electron chi connectivity index (χ1n) is 11.5. The molecule has 4 N–H and O–H groups in total. The summed E-state index contributed by atoms with van der Waals surface area (Å²) >= 11 is 7.59. The molecular formula is C28H22ClN5O2S. The van der Waals surface area contributed by atoms with Gasteiger partial charge in [0.1, 0.15) is 0 Å². The fourth-order valence-corrected chi connectivity index (χ4v) is 4.80. The Labute approximate surface area is 222 Å². The number of thioether (sulfide) groups is 1. The minimum Gasteiger partial charge on any atom is -0.333 e. The lowest BCUT2D eigenvalue weighted by atomic mass is 10.1. The van der Waals surface area contributed by atoms with Crippen LogP contribution in [-0.2, 0) is 16.0 Å². The minimum absolute atomic E-state index is 0.310. The van der Waals surface area contributed by atoms with Gasteiger partial charge in [-0.1, -0.05) is 54.1 Å². The Balaban J connectivity index is 1.25. The van der Waals surface area contributed by atoms with Gasteiger partial charge in [-0.25, -0.2) is 0 Å². The number of carbonyl (C=O) groups excluding carboxylic acids is 2. The SMILES string of the molecule is N[C@@H](Cc1ccccc1)C(=O)Nc1ccc(Cl)c(NC2=NC(=O)/C(=C/c3ccc4ncccc4c3)S2)c1. The second-order valence-electron chi connectivity index (χ2n) is 8.39. The molecule has 2 amide bonds. The Morgan fingerprint density at radius 1 is 1.05 bits per heavy atom. The Bertz CT molecular complexity index is 1560. The van der Waals surface area contributed by atoms with Crippen molar-refractivity contribution in [2.75, 3.05) is 10.6 Å². The van der Waals surface area contributed by atoms with Crippen LogP contribution in [0, 0.1) is 0 Å². The van der Waals surface area contributed by atoms with E-state index in [4.69, 9.17) is 17.3 Å². The van der Waals surface area contributed by atoms with Crippen LogP contribution in [0.3, 0.4) is 0 Å². The van der Waals surface area contributed by atoms with Crippen LogP contribution in [0.4, 0.5) is 11.4 Å². The van der Waals surface area contributed by atoms with E-state index in [9.17, 15) is 9.59 Å². The molecule has 2 heterocycles. The summed E-state index contributed by atoms with van der Waals surface area (Å²) in [5, 5.41) is 7.72. The van der Waals surface area contributed by atoms with Crippen LogP contribution >= 0.6 is 23.4 Å². The molecule has 7 nitrogen and oxygen atoms in total. The summed E-state index contributed by atoms with van der Waals surface area (Å²) in [6.45, 7) is 0. The van der Waals surface area contributed by atoms with Crippen molar-refractivity contribution in [2.45, 2.75) is 12.5 Å². The van der Waals surface area contributed by atoms with Gasteiger partial charge in [-0.3, -0.25) is 14.6 Å². The molecule has 0 bridgehead atoms. The largest absolute Gasteiger partial charge is 0.333 e. The molecule has 3 aromatic carbocycles. The van der Waals surface area contributed by atoms with Crippen LogP contribution in [-0.4, -0.2) is 28.0 Å². The lowest BCUT2D eigenvalue weighted by Crippen LogP contribution is -2.37. The predicted molar refractivity (Wildman–Crippen MR) is 152 cm³/mol. The van der Waals surface area contributed by atoms with E-state index in [0.717, 1.165) is 22.0 Å². The molecule has 0 unspecified atom stereocenters. The second-order valence-corrected chi connectivity index (χ2v) is 9.83. The number of nitrogens with two attached hydrogens (primary N) is 1. The predicted octanol–water partition coefficient (Wildman–Crippen LogP) is 5.48. The van der Waals surface area contributed by atoms with Gasteiger partial charge in [-0.05, 0) is 71.8 Å². The maximum atomic E-state index is 12.6. The molecule has 1 aliphatic rings. The molecule has 0 saturated carbocycles. The molecule has 0 saturated heterocycles. The van der Waals surface area contributed by atoms with E-state index in [1.165, 1.54) is 11.8 Å². The fraction of sp³-hybridized carbons (Fsp3) is 0.0714. The van der Waals surface area contributed by atoms with Crippen molar-refractivity contribution in [3.05, 3.63) is 106 Å². The highest BCUT2D eigenvalue weighted by Crippen LogP contribution is 2.32. The zero-order valence-electron chi connectivity index (χ0n) is 19.5. The Morgan fingerprint density at radius 3 is 2.73 bits per heavy atom. The minimum atomic E-state index is -0.708. The fourth-order valence-electron chi connectivity index (χ4n) is 3.81. The lowest BCUT2D eigenvalue weighted by molar-refractivity contribution is -0.117. The van der Waals surface area contributed by atoms with Gasteiger partial charge in [0.25, 0.3) is 5.91 Å². The molecule has 0 aliphatic carbocycles. The third kappa shape index (κ3) is 6.06. The first kappa shape index (κ1) is 24.7. The third-order valence-electron chi connectivity index (χ3n) is 5.66. The highest BCUT2D eigenvalue weighted by atomic mass is 35.5. The number of anilines is 2. The molecular weight excluding hydrogens is 506 g/mol. The first-order chi connectivity index (χ1) is 17.9. The summed E-state index contributed by atoms with van der Waals surface area (Å²) in [4.78, 5) is 34.1. The number of amides is 2. The number of halogens is 1. The van der Waals surface area contributed by atoms with Crippen molar-refractivity contribution in [2.24, 2.45) is 10.7 Å². The van der Waals surface area contributed by atoms with Crippen LogP contribution in [0.1, 0.15) is 11.1 Å². The van der Waals surface area contributed by atoms with Gasteiger partial charge in [0.15, 0.2) is 5.17 Å². The molecule has 1 aromatic heterocycles. The summed E-state index contributed by atoms with van der Waals surface area (Å²) in [5.41, 5.74) is 9.87. The van der Waals surface area contributed by atoms with Gasteiger partial charge in [0.05, 0.1) is 27.2 Å². The van der Waals surface area contributed by atoms with E-state index in [1.54, 1.807) is 30.5 Å². The number of hydrogen-bond donors (Lipinski definition) is 3. The molecule has 0 radical (unpaired) electrons. The molecule has 37 heavy (non-hydrogen) atoms. The zero-order chi connectivity index (χ0) is 25.8. The van der Waals surface area contributed by atoms with Crippen molar-refractivity contribution in [1.82, 2.24) is 4.98 Å². The van der Waals surface area contributed by atoms with Gasteiger partial charge in [0, 0.05) is 17.3 Å². The Kier molecular flexibility index (Phi) is 7.32. The van der Waals surface area contributed by atoms with Gasteiger partial charge < -0.3 is 16.4 Å². The molecule has 0 fully saturated rings. The van der Waals surface area contributed by atoms with E-state index in [1.807, 2.05) is 60.7 Å². The first-order valence-corrected chi connectivity index (χ1v) is 12.7. The molecule has 5 rings (SSSR count). The van der Waals surface area contributed by atoms with Crippen LogP contribution in [0.25, 0.3) is 17.0 Å². The number of aliphatic imine (C=N–C) groups is 1. The number of rotatable bonds is 6. The summed E-state index contributed by atoms with van der Waals surface area (Å²) in [6.07, 6.45) is 3.96. The maximum absolute atomic E-state index is 12.6. The van der Waals surface area contributed by atoms with E-state index in [0.29, 0.717) is 32.9 Å². The average Bonchev–Trinajstić information content (AvgIpc) is 3.24. The quantitative estimate of drug-likeness (QED) is 0.286. The molecule has 1 atom stereocenters. The summed E-state index contributed by atoms with van der Waals surface area (Å²) < 4.78 is 0. The van der Waals surface area contributed by atoms with Gasteiger partial charge >= 0.3 is 0 Å². The molecule has 0 spiro atoms. The number of nitrogens with zero attached hydrogens (tertiary/aromatic N) is 2. The number of benzene rings is 3. The van der Waals surface area contributed by atoms with Crippen LogP contribution in [0.5, 0.6) is 0 Å². The van der Waals surface area contributed by atoms with E-state index in [-0.39, 0.29) is 11.8 Å². The highest BCUT2D eigenvalue weighted by molar-refractivity contribution is 8.18. The monoisotopic (exact) mass is 527 g/mol. The van der Waals surface area contributed by atoms with Gasteiger partial charge in [-0.2, -0.15) is 4.99 Å². The van der Waals surface area contributed by atoms with E-state index in [2.05, 4.69) is 20.6 Å². The number of fused-ring (bicyclic) bond motifs is 1. The molecule has 1 aliphatic heterocycles. The van der Waals surface area contributed by atoms with Gasteiger partial charge in [-0.15, -0.1) is 0 Å². The maximum Gasteiger partial charge on any atom is 0.286 e. The standard InChI is InChI=1S/C28H22ClN5O2S/c29-21-10-9-20(32-26(35)22(30)14-17-5-2-1-3-6-17)16-24(21)33-28-34-27(36)25(37-28)15-18-8-11-23-19(13-18)7-4-12-31-23/h1-13,15-16,22H,14,30H2,(H,32,35)(H,33,34,36)/b25-15-/t22-/m0/s1. The van der Waals surface area contributed by atoms with Crippen LogP contribution < -0.4 is 16.4 Å². The van der Waals surface area contributed by atoms with E-state index >= 15 is 0 Å². The number of nitrogens with one attached hydrogen (secondary N) is 2. The number of amidine groups is 1. The lowest BCUT2D eigenvalue weighted by Gasteiger charge is -2.14. The smallest absolute Gasteiger partial charge is 0.286 e. The van der Waals surface area contributed by atoms with Crippen molar-refractivity contribution in [1.29, 1.82) is 0 Å². The van der Waals surface area contributed by atoms with Crippen molar-refractivity contribution < 1.29 is 9.59 Å². The zero-order valence-corrected chi connectivity index (χ0v) is 21.1. The Morgan fingerprint density at radius 2 is 1.89 bits per heavy atom. The topological polar surface area (TPSA) is 109 Å². The average molecular weight is 528 g/mol. The molecule has 4 aromatic rings. The number of aromatic nitrogens is 1. The van der Waals surface area contributed by atoms with Crippen LogP contribution in [0.15, 0.2) is 95.0 Å². The molecule has 184 valence electrons. The molecule has 9 heteroatoms. The van der Waals surface area contributed by atoms with Crippen molar-refractivity contribution in [3.63, 3.8) is 0 Å². The summed E-state index contributed by atoms with van der Waals surface area (Å²) in [7, 11) is 0. The van der Waals surface area contributed by atoms with Crippen molar-refractivity contribution >= 4 is 68.7 Å². The van der Waals surface area contributed by atoms with Crippen LogP contribution in [0.2, 0.25) is 5.02 Å². The number of carbonyl (C=O) groups is 2.